The van der Waals surface area contributed by atoms with Gasteiger partial charge >= 0.3 is 12.1 Å². The molecule has 36 heavy (non-hydrogen) atoms. The molecule has 2 atom stereocenters. The van der Waals surface area contributed by atoms with Gasteiger partial charge in [-0.1, -0.05) is 72.8 Å². The molecule has 1 amide bonds. The second kappa shape index (κ2) is 10.4. The van der Waals surface area contributed by atoms with Gasteiger partial charge in [0.1, 0.15) is 6.04 Å². The predicted molar refractivity (Wildman–Crippen MR) is 126 cm³/mol. The van der Waals surface area contributed by atoms with E-state index in [4.69, 9.17) is 4.74 Å². The Labute approximate surface area is 205 Å². The number of benzene rings is 3. The van der Waals surface area contributed by atoms with Gasteiger partial charge in [0, 0.05) is 18.4 Å². The molecule has 4 rings (SSSR count). The molecule has 0 aliphatic carbocycles. The van der Waals surface area contributed by atoms with Gasteiger partial charge in [0.15, 0.2) is 11.9 Å². The highest BCUT2D eigenvalue weighted by Gasteiger charge is 2.42. The van der Waals surface area contributed by atoms with Crippen molar-refractivity contribution in [2.75, 3.05) is 0 Å². The number of hydrogen-bond donors (Lipinski definition) is 0. The number of alkyl halides is 3. The molecular formula is C28H20F3NO4. The molecule has 0 radical (unpaired) electrons. The summed E-state index contributed by atoms with van der Waals surface area (Å²) < 4.78 is 45.7. The molecule has 0 unspecified atom stereocenters. The molecule has 0 bridgehead atoms. The van der Waals surface area contributed by atoms with Crippen LogP contribution in [0, 0.1) is 0 Å². The van der Waals surface area contributed by atoms with Crippen molar-refractivity contribution in [2.24, 2.45) is 0 Å². The monoisotopic (exact) mass is 491 g/mol. The van der Waals surface area contributed by atoms with E-state index in [1.807, 2.05) is 18.2 Å². The Bertz CT molecular complexity index is 1320. The van der Waals surface area contributed by atoms with E-state index in [0.29, 0.717) is 5.56 Å². The zero-order valence-electron chi connectivity index (χ0n) is 18.8. The molecule has 1 aliphatic heterocycles. The summed E-state index contributed by atoms with van der Waals surface area (Å²) >= 11 is 0. The number of carbonyl (C=O) groups is 3. The fourth-order valence-electron chi connectivity index (χ4n) is 3.87. The molecule has 8 heteroatoms. The topological polar surface area (TPSA) is 63.7 Å². The third kappa shape index (κ3) is 5.43. The summed E-state index contributed by atoms with van der Waals surface area (Å²) in [5, 5.41) is 0. The Hall–Kier alpha value is -4.46. The average Bonchev–Trinajstić information content (AvgIpc) is 2.89. The molecule has 0 spiro atoms. The highest BCUT2D eigenvalue weighted by molar-refractivity contribution is 6.01. The van der Waals surface area contributed by atoms with Crippen LogP contribution in [-0.2, 0) is 20.5 Å². The van der Waals surface area contributed by atoms with E-state index >= 15 is 0 Å². The van der Waals surface area contributed by atoms with Crippen molar-refractivity contribution >= 4 is 23.7 Å². The van der Waals surface area contributed by atoms with Crippen LogP contribution in [0.25, 0.3) is 6.08 Å². The van der Waals surface area contributed by atoms with Gasteiger partial charge in [0.05, 0.1) is 11.1 Å². The van der Waals surface area contributed by atoms with Crippen LogP contribution < -0.4 is 0 Å². The maximum Gasteiger partial charge on any atom is 0.417 e. The van der Waals surface area contributed by atoms with Crippen molar-refractivity contribution < 1.29 is 32.3 Å². The van der Waals surface area contributed by atoms with Crippen LogP contribution in [0.4, 0.5) is 13.2 Å². The Morgan fingerprint density at radius 2 is 1.47 bits per heavy atom. The second-order valence-corrected chi connectivity index (χ2v) is 7.93. The molecule has 3 aromatic rings. The minimum Gasteiger partial charge on any atom is -0.448 e. The van der Waals surface area contributed by atoms with Gasteiger partial charge < -0.3 is 9.64 Å². The van der Waals surface area contributed by atoms with Gasteiger partial charge in [-0.2, -0.15) is 13.2 Å². The smallest absolute Gasteiger partial charge is 0.417 e. The SMILES string of the molecule is O=C(O[C@H]1C(=O)C=CN(C(=O)/C=C/c2ccccc2)[C@@H]1c1ccccc1)c1ccccc1C(F)(F)F. The number of ether oxygens (including phenoxy) is 1. The summed E-state index contributed by atoms with van der Waals surface area (Å²) in [6, 6.07) is 20.5. The van der Waals surface area contributed by atoms with Gasteiger partial charge in [-0.3, -0.25) is 9.59 Å². The first-order valence-corrected chi connectivity index (χ1v) is 11.0. The van der Waals surface area contributed by atoms with Crippen molar-refractivity contribution in [1.29, 1.82) is 0 Å². The first-order chi connectivity index (χ1) is 17.3. The number of carbonyl (C=O) groups excluding carboxylic acids is 3. The molecule has 182 valence electrons. The molecule has 0 saturated carbocycles. The summed E-state index contributed by atoms with van der Waals surface area (Å²) in [5.41, 5.74) is -0.658. The molecule has 0 fully saturated rings. The lowest BCUT2D eigenvalue weighted by Gasteiger charge is -2.36. The number of rotatable bonds is 5. The van der Waals surface area contributed by atoms with Crippen molar-refractivity contribution in [3.05, 3.63) is 126 Å². The van der Waals surface area contributed by atoms with Crippen LogP contribution >= 0.6 is 0 Å². The highest BCUT2D eigenvalue weighted by atomic mass is 19.4. The predicted octanol–water partition coefficient (Wildman–Crippen LogP) is 5.61. The number of esters is 1. The van der Waals surface area contributed by atoms with Crippen LogP contribution in [0.15, 0.2) is 103 Å². The minimum atomic E-state index is -4.80. The van der Waals surface area contributed by atoms with E-state index in [1.54, 1.807) is 48.5 Å². The van der Waals surface area contributed by atoms with E-state index in [9.17, 15) is 27.6 Å². The quantitative estimate of drug-likeness (QED) is 0.344. The number of hydrogen-bond acceptors (Lipinski definition) is 4. The summed E-state index contributed by atoms with van der Waals surface area (Å²) in [5.74, 6) is -2.48. The number of amides is 1. The van der Waals surface area contributed by atoms with Gasteiger partial charge in [0.2, 0.25) is 0 Å². The van der Waals surface area contributed by atoms with Gasteiger partial charge in [-0.15, -0.1) is 0 Å². The fourth-order valence-corrected chi connectivity index (χ4v) is 3.87. The lowest BCUT2D eigenvalue weighted by Crippen LogP contribution is -2.45. The molecule has 3 aromatic carbocycles. The standard InChI is InChI=1S/C28H20F3NO4/c29-28(30,31)22-14-8-7-13-21(22)27(35)36-26-23(33)17-18-32(25(26)20-11-5-2-6-12-20)24(34)16-15-19-9-3-1-4-10-19/h1-18,25-26H/b16-15+/t25-,26+/m1/s1. The molecular weight excluding hydrogens is 471 g/mol. The average molecular weight is 491 g/mol. The maximum absolute atomic E-state index is 13.5. The van der Waals surface area contributed by atoms with Gasteiger partial charge in [-0.05, 0) is 29.3 Å². The Balaban J connectivity index is 1.68. The van der Waals surface area contributed by atoms with Crippen LogP contribution in [-0.4, -0.2) is 28.7 Å². The zero-order chi connectivity index (χ0) is 25.7. The lowest BCUT2D eigenvalue weighted by atomic mass is 9.93. The Kier molecular flexibility index (Phi) is 7.15. The largest absolute Gasteiger partial charge is 0.448 e. The summed E-state index contributed by atoms with van der Waals surface area (Å²) in [6.07, 6.45) is -1.10. The van der Waals surface area contributed by atoms with E-state index in [2.05, 4.69) is 0 Å². The maximum atomic E-state index is 13.5. The van der Waals surface area contributed by atoms with Crippen LogP contribution in [0.5, 0.6) is 0 Å². The minimum absolute atomic E-state index is 0.471. The number of halogens is 3. The molecule has 1 aliphatic rings. The van der Waals surface area contributed by atoms with Crippen molar-refractivity contribution in [1.82, 2.24) is 4.90 Å². The number of ketones is 1. The third-order valence-electron chi connectivity index (χ3n) is 5.57. The lowest BCUT2D eigenvalue weighted by molar-refractivity contribution is -0.138. The Morgan fingerprint density at radius 3 is 2.14 bits per heavy atom. The first-order valence-electron chi connectivity index (χ1n) is 11.0. The summed E-state index contributed by atoms with van der Waals surface area (Å²) in [4.78, 5) is 40.1. The van der Waals surface area contributed by atoms with Gasteiger partial charge in [0.25, 0.3) is 5.91 Å². The Morgan fingerprint density at radius 1 is 0.861 bits per heavy atom. The molecule has 1 heterocycles. The van der Waals surface area contributed by atoms with Gasteiger partial charge in [-0.25, -0.2) is 4.79 Å². The van der Waals surface area contributed by atoms with Crippen molar-refractivity contribution in [3.63, 3.8) is 0 Å². The summed E-state index contributed by atoms with van der Waals surface area (Å²) in [6.45, 7) is 0. The van der Waals surface area contributed by atoms with Crippen LogP contribution in [0.2, 0.25) is 0 Å². The first kappa shape index (κ1) is 24.7. The van der Waals surface area contributed by atoms with Crippen molar-refractivity contribution in [2.45, 2.75) is 18.3 Å². The molecule has 0 saturated heterocycles. The van der Waals surface area contributed by atoms with Crippen LogP contribution in [0.1, 0.15) is 33.1 Å². The van der Waals surface area contributed by atoms with Crippen molar-refractivity contribution in [3.8, 4) is 0 Å². The fraction of sp³-hybridized carbons (Fsp3) is 0.107. The number of nitrogens with zero attached hydrogens (tertiary/aromatic N) is 1. The third-order valence-corrected chi connectivity index (χ3v) is 5.57. The van der Waals surface area contributed by atoms with E-state index in [0.717, 1.165) is 29.8 Å². The van der Waals surface area contributed by atoms with Crippen LogP contribution in [0.3, 0.4) is 0 Å². The van der Waals surface area contributed by atoms with E-state index in [1.165, 1.54) is 23.2 Å². The highest BCUT2D eigenvalue weighted by Crippen LogP contribution is 2.35. The molecule has 0 N–H and O–H groups in total. The second-order valence-electron chi connectivity index (χ2n) is 7.93. The normalized spacial score (nSPS) is 17.9. The van der Waals surface area contributed by atoms with E-state index < -0.39 is 47.1 Å². The molecule has 5 nitrogen and oxygen atoms in total. The summed E-state index contributed by atoms with van der Waals surface area (Å²) in [7, 11) is 0. The van der Waals surface area contributed by atoms with E-state index in [-0.39, 0.29) is 0 Å². The molecule has 0 aromatic heterocycles. The zero-order valence-corrected chi connectivity index (χ0v) is 18.8.